The molecular weight excluding hydrogens is 460 g/mol. The van der Waals surface area contributed by atoms with Crippen LogP contribution in [0.15, 0.2) is 11.6 Å². The standard InChI is InChI=1S/C16H27I2N/c1-11(2)15(5)12(3)8-14(4)9-13(6-7-19-18)16(14,15)10-17/h8,11,13,19H,6-7,9-10H2,1-5H3. The van der Waals surface area contributed by atoms with Crippen LogP contribution >= 0.6 is 45.5 Å². The molecule has 0 saturated heterocycles. The number of nitrogens with one attached hydrogen (secondary N) is 1. The largest absolute Gasteiger partial charge is 0.261 e. The minimum atomic E-state index is 0.372. The predicted octanol–water partition coefficient (Wildman–Crippen LogP) is 5.39. The van der Waals surface area contributed by atoms with Crippen LogP contribution in [-0.4, -0.2) is 11.0 Å². The van der Waals surface area contributed by atoms with Gasteiger partial charge in [-0.2, -0.15) is 0 Å². The molecule has 1 nitrogen and oxygen atoms in total. The average Bonchev–Trinajstić information content (AvgIpc) is 2.46. The van der Waals surface area contributed by atoms with Crippen LogP contribution in [0.3, 0.4) is 0 Å². The third kappa shape index (κ3) is 1.92. The Hall–Kier alpha value is 1.16. The molecule has 1 saturated carbocycles. The lowest BCUT2D eigenvalue weighted by Gasteiger charge is -2.67. The summed E-state index contributed by atoms with van der Waals surface area (Å²) in [4.78, 5) is 0. The quantitative estimate of drug-likeness (QED) is 0.238. The van der Waals surface area contributed by atoms with Crippen molar-refractivity contribution in [3.63, 3.8) is 0 Å². The maximum Gasteiger partial charge on any atom is 0.0169 e. The van der Waals surface area contributed by atoms with E-state index in [-0.39, 0.29) is 0 Å². The second kappa shape index (κ2) is 5.41. The van der Waals surface area contributed by atoms with Gasteiger partial charge in [0, 0.05) is 39.3 Å². The molecule has 0 heterocycles. The lowest BCUT2D eigenvalue weighted by molar-refractivity contribution is -0.153. The van der Waals surface area contributed by atoms with Gasteiger partial charge in [0.25, 0.3) is 0 Å². The molecule has 0 bridgehead atoms. The molecule has 4 atom stereocenters. The van der Waals surface area contributed by atoms with Gasteiger partial charge < -0.3 is 0 Å². The molecule has 0 amide bonds. The molecule has 2 aliphatic carbocycles. The number of hydrogen-bond acceptors (Lipinski definition) is 1. The maximum absolute atomic E-state index is 3.32. The Morgan fingerprint density at radius 1 is 1.42 bits per heavy atom. The SMILES string of the molecule is CC1=CC2(C)CC(CCNI)C2(CI)C1(C)C(C)C. The fourth-order valence-electron chi connectivity index (χ4n) is 5.34. The van der Waals surface area contributed by atoms with E-state index in [1.54, 1.807) is 5.57 Å². The van der Waals surface area contributed by atoms with Crippen LogP contribution in [0.25, 0.3) is 0 Å². The first-order chi connectivity index (χ1) is 8.80. The van der Waals surface area contributed by atoms with Crippen LogP contribution in [0.1, 0.15) is 47.5 Å². The fourth-order valence-corrected chi connectivity index (χ4v) is 7.93. The topological polar surface area (TPSA) is 12.0 Å². The highest BCUT2D eigenvalue weighted by molar-refractivity contribution is 14.1. The van der Waals surface area contributed by atoms with Crippen LogP contribution in [0.2, 0.25) is 0 Å². The van der Waals surface area contributed by atoms with Crippen LogP contribution in [0.5, 0.6) is 0 Å². The van der Waals surface area contributed by atoms with Crippen molar-refractivity contribution in [2.24, 2.45) is 28.1 Å². The molecule has 0 aromatic rings. The molecule has 0 aliphatic heterocycles. The smallest absolute Gasteiger partial charge is 0.0169 e. The van der Waals surface area contributed by atoms with Crippen molar-refractivity contribution in [1.82, 2.24) is 3.53 Å². The first-order valence-corrected chi connectivity index (χ1v) is 10.00. The summed E-state index contributed by atoms with van der Waals surface area (Å²) in [6.07, 6.45) is 5.33. The van der Waals surface area contributed by atoms with Gasteiger partial charge in [-0.1, -0.05) is 61.9 Å². The summed E-state index contributed by atoms with van der Waals surface area (Å²) in [6.45, 7) is 13.4. The Kier molecular flexibility index (Phi) is 4.71. The number of fused-ring (bicyclic) bond motifs is 1. The van der Waals surface area contributed by atoms with Gasteiger partial charge in [0.2, 0.25) is 0 Å². The van der Waals surface area contributed by atoms with E-state index in [1.165, 1.54) is 17.3 Å². The zero-order valence-electron chi connectivity index (χ0n) is 12.8. The average molecular weight is 487 g/mol. The molecule has 0 radical (unpaired) electrons. The van der Waals surface area contributed by atoms with Gasteiger partial charge >= 0.3 is 0 Å². The Balaban J connectivity index is 2.42. The molecule has 110 valence electrons. The summed E-state index contributed by atoms with van der Waals surface area (Å²) in [7, 11) is 0. The molecule has 1 N–H and O–H groups in total. The summed E-state index contributed by atoms with van der Waals surface area (Å²) < 4.78 is 4.61. The minimum absolute atomic E-state index is 0.372. The summed E-state index contributed by atoms with van der Waals surface area (Å²) in [5.41, 5.74) is 2.93. The third-order valence-corrected chi connectivity index (χ3v) is 8.36. The van der Waals surface area contributed by atoms with E-state index >= 15 is 0 Å². The molecule has 2 aliphatic rings. The van der Waals surface area contributed by atoms with Crippen molar-refractivity contribution in [3.05, 3.63) is 11.6 Å². The van der Waals surface area contributed by atoms with E-state index in [0.29, 0.717) is 16.2 Å². The van der Waals surface area contributed by atoms with Gasteiger partial charge in [-0.3, -0.25) is 3.53 Å². The molecule has 4 unspecified atom stereocenters. The van der Waals surface area contributed by atoms with Gasteiger partial charge in [0.1, 0.15) is 0 Å². The second-order valence-corrected chi connectivity index (χ2v) is 8.81. The van der Waals surface area contributed by atoms with E-state index in [4.69, 9.17) is 0 Å². The van der Waals surface area contributed by atoms with Crippen molar-refractivity contribution in [2.45, 2.75) is 47.5 Å². The highest BCUT2D eigenvalue weighted by Gasteiger charge is 2.72. The van der Waals surface area contributed by atoms with Gasteiger partial charge in [-0.15, -0.1) is 0 Å². The van der Waals surface area contributed by atoms with Crippen molar-refractivity contribution in [3.8, 4) is 0 Å². The van der Waals surface area contributed by atoms with Crippen LogP contribution < -0.4 is 3.53 Å². The summed E-state index contributed by atoms with van der Waals surface area (Å²) in [5.74, 6) is 1.59. The van der Waals surface area contributed by atoms with Gasteiger partial charge in [0.05, 0.1) is 0 Å². The van der Waals surface area contributed by atoms with E-state index in [0.717, 1.165) is 18.4 Å². The number of hydrogen-bond donors (Lipinski definition) is 1. The molecule has 2 rings (SSSR count). The Labute approximate surface area is 146 Å². The molecule has 1 fully saturated rings. The Morgan fingerprint density at radius 3 is 2.53 bits per heavy atom. The lowest BCUT2D eigenvalue weighted by atomic mass is 9.38. The Bertz CT molecular complexity index is 392. The van der Waals surface area contributed by atoms with Crippen LogP contribution in [0.4, 0.5) is 0 Å². The first-order valence-electron chi connectivity index (χ1n) is 7.39. The number of halogens is 2. The van der Waals surface area contributed by atoms with Crippen molar-refractivity contribution in [1.29, 1.82) is 0 Å². The number of allylic oxidation sites excluding steroid dienone is 2. The minimum Gasteiger partial charge on any atom is -0.261 e. The van der Waals surface area contributed by atoms with Crippen LogP contribution in [-0.2, 0) is 0 Å². The zero-order valence-corrected chi connectivity index (χ0v) is 17.1. The summed E-state index contributed by atoms with van der Waals surface area (Å²) >= 11 is 4.95. The lowest BCUT2D eigenvalue weighted by Crippen LogP contribution is -2.63. The van der Waals surface area contributed by atoms with Crippen molar-refractivity contribution in [2.75, 3.05) is 11.0 Å². The molecule has 0 spiro atoms. The summed E-state index contributed by atoms with van der Waals surface area (Å²) in [6, 6.07) is 0. The van der Waals surface area contributed by atoms with E-state index in [9.17, 15) is 0 Å². The van der Waals surface area contributed by atoms with Crippen molar-refractivity contribution < 1.29 is 0 Å². The highest BCUT2D eigenvalue weighted by Crippen LogP contribution is 2.77. The fraction of sp³-hybridized carbons (Fsp3) is 0.875. The number of alkyl halides is 1. The Morgan fingerprint density at radius 2 is 2.05 bits per heavy atom. The van der Waals surface area contributed by atoms with E-state index in [1.807, 2.05) is 0 Å². The summed E-state index contributed by atoms with van der Waals surface area (Å²) in [5, 5.41) is 0. The molecule has 19 heavy (non-hydrogen) atoms. The molecular formula is C16H27I2N. The van der Waals surface area contributed by atoms with Gasteiger partial charge in [-0.25, -0.2) is 0 Å². The van der Waals surface area contributed by atoms with E-state index < -0.39 is 0 Å². The monoisotopic (exact) mass is 487 g/mol. The van der Waals surface area contributed by atoms with E-state index in [2.05, 4.69) is 89.7 Å². The second-order valence-electron chi connectivity index (χ2n) is 7.28. The third-order valence-electron chi connectivity index (χ3n) is 6.62. The zero-order chi connectivity index (χ0) is 14.5. The van der Waals surface area contributed by atoms with Gasteiger partial charge in [-0.05, 0) is 42.4 Å². The molecule has 0 aromatic carbocycles. The maximum atomic E-state index is 3.32. The normalized spacial score (nSPS) is 45.1. The molecule has 3 heteroatoms. The first kappa shape index (κ1) is 16.5. The number of rotatable bonds is 5. The van der Waals surface area contributed by atoms with Crippen molar-refractivity contribution >= 4 is 45.5 Å². The van der Waals surface area contributed by atoms with Gasteiger partial charge in [0.15, 0.2) is 0 Å². The highest BCUT2D eigenvalue weighted by atomic mass is 127. The van der Waals surface area contributed by atoms with Crippen LogP contribution in [0, 0.1) is 28.1 Å². The molecule has 0 aromatic heterocycles. The predicted molar refractivity (Wildman–Crippen MR) is 101 cm³/mol.